The van der Waals surface area contributed by atoms with Crippen molar-refractivity contribution in [3.05, 3.63) is 101 Å². The Morgan fingerprint density at radius 1 is 0.897 bits per heavy atom. The van der Waals surface area contributed by atoms with Crippen LogP contribution in [0.25, 0.3) is 5.76 Å². The van der Waals surface area contributed by atoms with Crippen LogP contribution in [0.4, 0.5) is 0 Å². The quantitative estimate of drug-likeness (QED) is 0.124. The van der Waals surface area contributed by atoms with Crippen LogP contribution in [0.5, 0.6) is 11.5 Å². The maximum absolute atomic E-state index is 13.4. The fraction of sp³-hybridized carbons (Fsp3) is 0.333. The van der Waals surface area contributed by atoms with Crippen LogP contribution in [-0.2, 0) is 16.0 Å². The molecule has 204 valence electrons. The molecule has 0 bridgehead atoms. The van der Waals surface area contributed by atoms with Gasteiger partial charge in [-0.2, -0.15) is 0 Å². The van der Waals surface area contributed by atoms with E-state index in [0.29, 0.717) is 48.8 Å². The highest BCUT2D eigenvalue weighted by molar-refractivity contribution is 6.46. The van der Waals surface area contributed by atoms with Gasteiger partial charge in [-0.05, 0) is 49.9 Å². The number of hydrogen-bond donors (Lipinski definition) is 1. The first-order valence-electron chi connectivity index (χ1n) is 13.7. The van der Waals surface area contributed by atoms with Gasteiger partial charge in [-0.3, -0.25) is 9.59 Å². The molecule has 1 saturated heterocycles. The number of carbonyl (C=O) groups is 2. The van der Waals surface area contributed by atoms with Gasteiger partial charge in [0.15, 0.2) is 11.5 Å². The van der Waals surface area contributed by atoms with E-state index in [2.05, 4.69) is 6.92 Å². The SMILES string of the molecule is CCCCCOc1ccc(C2/C(=C(\O)c3ccc(C)cc3)C(=O)C(=O)N2CCc2ccccc2)cc1OCC. The predicted molar refractivity (Wildman–Crippen MR) is 153 cm³/mol. The van der Waals surface area contributed by atoms with Gasteiger partial charge in [0.2, 0.25) is 0 Å². The molecule has 0 saturated carbocycles. The molecule has 3 aromatic rings. The van der Waals surface area contributed by atoms with Gasteiger partial charge in [0.05, 0.1) is 24.8 Å². The minimum atomic E-state index is -0.761. The molecule has 1 aliphatic heterocycles. The second kappa shape index (κ2) is 13.1. The molecule has 1 atom stereocenters. The van der Waals surface area contributed by atoms with E-state index in [1.807, 2.05) is 74.5 Å². The van der Waals surface area contributed by atoms with Crippen molar-refractivity contribution in [2.45, 2.75) is 52.5 Å². The Balaban J connectivity index is 1.76. The fourth-order valence-electron chi connectivity index (χ4n) is 4.83. The maximum atomic E-state index is 13.4. The number of ketones is 1. The third kappa shape index (κ3) is 6.51. The number of amides is 1. The lowest BCUT2D eigenvalue weighted by molar-refractivity contribution is -0.139. The van der Waals surface area contributed by atoms with Crippen molar-refractivity contribution >= 4 is 17.4 Å². The smallest absolute Gasteiger partial charge is 0.295 e. The predicted octanol–water partition coefficient (Wildman–Crippen LogP) is 6.63. The Bertz CT molecular complexity index is 1310. The number of Topliss-reactive ketones (excluding diaryl/α,β-unsaturated/α-hetero) is 1. The van der Waals surface area contributed by atoms with Gasteiger partial charge >= 0.3 is 0 Å². The van der Waals surface area contributed by atoms with Crippen LogP contribution in [0.3, 0.4) is 0 Å². The maximum Gasteiger partial charge on any atom is 0.295 e. The number of aryl methyl sites for hydroxylation is 1. The monoisotopic (exact) mass is 527 g/mol. The van der Waals surface area contributed by atoms with Crippen LogP contribution in [-0.4, -0.2) is 41.5 Å². The Kier molecular flexibility index (Phi) is 9.42. The zero-order valence-electron chi connectivity index (χ0n) is 23.0. The summed E-state index contributed by atoms with van der Waals surface area (Å²) in [5.41, 5.74) is 3.34. The minimum Gasteiger partial charge on any atom is -0.507 e. The lowest BCUT2D eigenvalue weighted by Gasteiger charge is -2.26. The van der Waals surface area contributed by atoms with Gasteiger partial charge in [0.25, 0.3) is 11.7 Å². The Labute approximate surface area is 230 Å². The molecule has 1 fully saturated rings. The number of carbonyl (C=O) groups excluding carboxylic acids is 2. The zero-order chi connectivity index (χ0) is 27.8. The van der Waals surface area contributed by atoms with E-state index < -0.39 is 17.7 Å². The topological polar surface area (TPSA) is 76.1 Å². The van der Waals surface area contributed by atoms with E-state index >= 15 is 0 Å². The van der Waals surface area contributed by atoms with E-state index in [1.165, 1.54) is 0 Å². The Morgan fingerprint density at radius 3 is 2.33 bits per heavy atom. The first-order valence-corrected chi connectivity index (χ1v) is 13.7. The molecule has 0 radical (unpaired) electrons. The third-order valence-electron chi connectivity index (χ3n) is 6.94. The summed E-state index contributed by atoms with van der Waals surface area (Å²) in [5, 5.41) is 11.4. The number of aliphatic hydroxyl groups excluding tert-OH is 1. The van der Waals surface area contributed by atoms with Crippen molar-refractivity contribution < 1.29 is 24.2 Å². The standard InChI is InChI=1S/C33H37NO5/c1-4-6-10-21-39-27-18-17-26(22-28(27)38-5-2)30-29(31(35)25-15-13-23(3)14-16-25)32(36)33(37)34(30)20-19-24-11-8-7-9-12-24/h7-9,11-18,22,30,35H,4-6,10,19-21H2,1-3H3/b31-29+. The summed E-state index contributed by atoms with van der Waals surface area (Å²) in [6.45, 7) is 7.33. The van der Waals surface area contributed by atoms with E-state index in [9.17, 15) is 14.7 Å². The number of hydrogen-bond acceptors (Lipinski definition) is 5. The van der Waals surface area contributed by atoms with Gasteiger partial charge < -0.3 is 19.5 Å². The van der Waals surface area contributed by atoms with E-state index in [4.69, 9.17) is 9.47 Å². The number of unbranched alkanes of at least 4 members (excludes halogenated alkanes) is 2. The molecule has 0 spiro atoms. The van der Waals surface area contributed by atoms with Crippen LogP contribution in [0, 0.1) is 6.92 Å². The molecular formula is C33H37NO5. The molecule has 1 aliphatic rings. The number of likely N-dealkylation sites (tertiary alicyclic amines) is 1. The van der Waals surface area contributed by atoms with Gasteiger partial charge in [-0.25, -0.2) is 0 Å². The number of ether oxygens (including phenoxy) is 2. The highest BCUT2D eigenvalue weighted by atomic mass is 16.5. The summed E-state index contributed by atoms with van der Waals surface area (Å²) >= 11 is 0. The van der Waals surface area contributed by atoms with Gasteiger partial charge in [-0.1, -0.05) is 86.0 Å². The molecular weight excluding hydrogens is 490 g/mol. The van der Waals surface area contributed by atoms with E-state index in [1.54, 1.807) is 17.0 Å². The molecule has 39 heavy (non-hydrogen) atoms. The highest BCUT2D eigenvalue weighted by Crippen LogP contribution is 2.42. The average molecular weight is 528 g/mol. The fourth-order valence-corrected chi connectivity index (χ4v) is 4.83. The summed E-state index contributed by atoms with van der Waals surface area (Å²) in [5.74, 6) is -0.322. The number of nitrogens with zero attached hydrogens (tertiary/aromatic N) is 1. The Hall–Kier alpha value is -4.06. The van der Waals surface area contributed by atoms with Crippen LogP contribution < -0.4 is 9.47 Å². The van der Waals surface area contributed by atoms with Gasteiger partial charge in [0.1, 0.15) is 5.76 Å². The van der Waals surface area contributed by atoms with Gasteiger partial charge in [0, 0.05) is 12.1 Å². The largest absolute Gasteiger partial charge is 0.507 e. The van der Waals surface area contributed by atoms with Crippen LogP contribution >= 0.6 is 0 Å². The normalized spacial score (nSPS) is 16.5. The third-order valence-corrected chi connectivity index (χ3v) is 6.94. The second-order valence-corrected chi connectivity index (χ2v) is 9.79. The lowest BCUT2D eigenvalue weighted by Crippen LogP contribution is -2.31. The zero-order valence-corrected chi connectivity index (χ0v) is 23.0. The van der Waals surface area contributed by atoms with Crippen molar-refractivity contribution in [3.8, 4) is 11.5 Å². The highest BCUT2D eigenvalue weighted by Gasteiger charge is 2.46. The molecule has 1 N–H and O–H groups in total. The summed E-state index contributed by atoms with van der Waals surface area (Å²) < 4.78 is 11.9. The number of rotatable bonds is 12. The van der Waals surface area contributed by atoms with Gasteiger partial charge in [-0.15, -0.1) is 0 Å². The summed E-state index contributed by atoms with van der Waals surface area (Å²) in [6, 6.07) is 21.8. The van der Waals surface area contributed by atoms with Crippen LogP contribution in [0.1, 0.15) is 61.4 Å². The number of benzene rings is 3. The molecule has 0 aliphatic carbocycles. The molecule has 1 amide bonds. The number of aliphatic hydroxyl groups is 1. The molecule has 1 unspecified atom stereocenters. The van der Waals surface area contributed by atoms with Crippen LogP contribution in [0.15, 0.2) is 78.4 Å². The Morgan fingerprint density at radius 2 is 1.64 bits per heavy atom. The molecule has 1 heterocycles. The molecule has 0 aromatic heterocycles. The summed E-state index contributed by atoms with van der Waals surface area (Å²) in [6.07, 6.45) is 3.70. The van der Waals surface area contributed by atoms with Crippen LogP contribution in [0.2, 0.25) is 0 Å². The molecule has 6 nitrogen and oxygen atoms in total. The summed E-state index contributed by atoms with van der Waals surface area (Å²) in [4.78, 5) is 28.3. The van der Waals surface area contributed by atoms with E-state index in [0.717, 1.165) is 30.4 Å². The minimum absolute atomic E-state index is 0.0796. The van der Waals surface area contributed by atoms with Crippen molar-refractivity contribution in [3.63, 3.8) is 0 Å². The van der Waals surface area contributed by atoms with Crippen molar-refractivity contribution in [1.29, 1.82) is 0 Å². The summed E-state index contributed by atoms with van der Waals surface area (Å²) in [7, 11) is 0. The first-order chi connectivity index (χ1) is 18.9. The van der Waals surface area contributed by atoms with E-state index in [-0.39, 0.29) is 11.3 Å². The van der Waals surface area contributed by atoms with Crippen molar-refractivity contribution in [1.82, 2.24) is 4.90 Å². The molecule has 6 heteroatoms. The average Bonchev–Trinajstić information content (AvgIpc) is 3.20. The molecule has 4 rings (SSSR count). The second-order valence-electron chi connectivity index (χ2n) is 9.79. The molecule has 3 aromatic carbocycles. The van der Waals surface area contributed by atoms with Crippen molar-refractivity contribution in [2.24, 2.45) is 0 Å². The lowest BCUT2D eigenvalue weighted by atomic mass is 9.94. The van der Waals surface area contributed by atoms with Crippen molar-refractivity contribution in [2.75, 3.05) is 19.8 Å². The first kappa shape index (κ1) is 28.0.